The third-order valence-corrected chi connectivity index (χ3v) is 5.74. The van der Waals surface area contributed by atoms with E-state index in [1.165, 1.54) is 5.56 Å². The van der Waals surface area contributed by atoms with Crippen molar-refractivity contribution in [2.45, 2.75) is 26.8 Å². The van der Waals surface area contributed by atoms with E-state index in [9.17, 15) is 9.59 Å². The van der Waals surface area contributed by atoms with E-state index in [0.29, 0.717) is 25.6 Å². The van der Waals surface area contributed by atoms with Crippen molar-refractivity contribution in [2.24, 2.45) is 5.92 Å². The van der Waals surface area contributed by atoms with Crippen molar-refractivity contribution >= 4 is 23.3 Å². The number of hydrogen-bond acceptors (Lipinski definition) is 6. The van der Waals surface area contributed by atoms with Gasteiger partial charge in [0.15, 0.2) is 0 Å². The maximum Gasteiger partial charge on any atom is 0.227 e. The van der Waals surface area contributed by atoms with Gasteiger partial charge in [0.05, 0.1) is 25.7 Å². The Bertz CT molecular complexity index is 942. The summed E-state index contributed by atoms with van der Waals surface area (Å²) in [6.45, 7) is 7.65. The van der Waals surface area contributed by atoms with Crippen LogP contribution in [0.5, 0.6) is 0 Å². The monoisotopic (exact) mass is 409 g/mol. The van der Waals surface area contributed by atoms with Gasteiger partial charge >= 0.3 is 0 Å². The molecule has 2 aromatic rings. The van der Waals surface area contributed by atoms with Crippen molar-refractivity contribution in [3.05, 3.63) is 47.4 Å². The molecule has 0 spiro atoms. The molecule has 30 heavy (non-hydrogen) atoms. The molecule has 2 saturated heterocycles. The van der Waals surface area contributed by atoms with E-state index in [-0.39, 0.29) is 30.7 Å². The molecule has 2 amide bonds. The minimum atomic E-state index is -0.374. The fraction of sp³-hybridized carbons (Fsp3) is 0.455. The van der Waals surface area contributed by atoms with Gasteiger partial charge in [-0.05, 0) is 43.2 Å². The maximum absolute atomic E-state index is 12.7. The second kappa shape index (κ2) is 8.79. The van der Waals surface area contributed by atoms with E-state index in [1.807, 2.05) is 38.1 Å². The highest BCUT2D eigenvalue weighted by Gasteiger charge is 2.35. The minimum absolute atomic E-state index is 0.0241. The fourth-order valence-electron chi connectivity index (χ4n) is 3.78. The van der Waals surface area contributed by atoms with E-state index in [1.54, 1.807) is 11.1 Å². The van der Waals surface area contributed by atoms with Crippen LogP contribution in [0, 0.1) is 19.8 Å². The summed E-state index contributed by atoms with van der Waals surface area (Å²) >= 11 is 0. The molecule has 1 N–H and O–H groups in total. The first-order valence-electron chi connectivity index (χ1n) is 10.3. The Balaban J connectivity index is 1.35. The molecule has 0 radical (unpaired) electrons. The first-order valence-corrected chi connectivity index (χ1v) is 10.3. The quantitative estimate of drug-likeness (QED) is 0.807. The lowest BCUT2D eigenvalue weighted by molar-refractivity contribution is -0.126. The van der Waals surface area contributed by atoms with E-state index in [0.717, 1.165) is 30.2 Å². The summed E-state index contributed by atoms with van der Waals surface area (Å²) in [6.07, 6.45) is 1.92. The largest absolute Gasteiger partial charge is 0.378 e. The van der Waals surface area contributed by atoms with Gasteiger partial charge in [0.2, 0.25) is 11.8 Å². The Hall–Kier alpha value is -3.00. The van der Waals surface area contributed by atoms with Gasteiger partial charge < -0.3 is 19.9 Å². The third-order valence-electron chi connectivity index (χ3n) is 5.74. The second-order valence-electron chi connectivity index (χ2n) is 7.82. The van der Waals surface area contributed by atoms with Crippen LogP contribution < -0.4 is 15.1 Å². The molecular weight excluding hydrogens is 382 g/mol. The van der Waals surface area contributed by atoms with Crippen LogP contribution in [0.4, 0.5) is 11.5 Å². The van der Waals surface area contributed by atoms with E-state index < -0.39 is 0 Å². The van der Waals surface area contributed by atoms with Crippen LogP contribution in [0.25, 0.3) is 0 Å². The van der Waals surface area contributed by atoms with Crippen LogP contribution in [0.15, 0.2) is 30.5 Å². The fourth-order valence-corrected chi connectivity index (χ4v) is 3.78. The zero-order valence-corrected chi connectivity index (χ0v) is 17.4. The first kappa shape index (κ1) is 20.3. The van der Waals surface area contributed by atoms with Crippen LogP contribution in [-0.4, -0.2) is 54.6 Å². The van der Waals surface area contributed by atoms with Gasteiger partial charge in [-0.2, -0.15) is 0 Å². The van der Waals surface area contributed by atoms with Crippen LogP contribution >= 0.6 is 0 Å². The van der Waals surface area contributed by atoms with Gasteiger partial charge in [-0.25, -0.2) is 9.97 Å². The predicted molar refractivity (Wildman–Crippen MR) is 113 cm³/mol. The lowest BCUT2D eigenvalue weighted by Crippen LogP contribution is -2.37. The smallest absolute Gasteiger partial charge is 0.227 e. The van der Waals surface area contributed by atoms with Gasteiger partial charge in [0, 0.05) is 37.9 Å². The number of rotatable bonds is 5. The minimum Gasteiger partial charge on any atom is -0.378 e. The molecule has 0 saturated carbocycles. The lowest BCUT2D eigenvalue weighted by Gasteiger charge is -2.27. The number of morpholine rings is 1. The van der Waals surface area contributed by atoms with Crippen molar-refractivity contribution in [1.29, 1.82) is 0 Å². The number of hydrogen-bond donors (Lipinski definition) is 1. The summed E-state index contributed by atoms with van der Waals surface area (Å²) in [5, 5.41) is 2.90. The average molecular weight is 409 g/mol. The van der Waals surface area contributed by atoms with Gasteiger partial charge in [0.25, 0.3) is 0 Å². The van der Waals surface area contributed by atoms with Gasteiger partial charge in [-0.1, -0.05) is 6.07 Å². The summed E-state index contributed by atoms with van der Waals surface area (Å²) in [5.74, 6) is 0.859. The topological polar surface area (TPSA) is 87.7 Å². The number of aromatic nitrogens is 2. The van der Waals surface area contributed by atoms with Crippen molar-refractivity contribution in [2.75, 3.05) is 42.6 Å². The van der Waals surface area contributed by atoms with E-state index in [2.05, 4.69) is 20.2 Å². The van der Waals surface area contributed by atoms with Crippen LogP contribution in [-0.2, 0) is 20.9 Å². The van der Waals surface area contributed by atoms with Crippen molar-refractivity contribution in [3.63, 3.8) is 0 Å². The standard InChI is InChI=1S/C22H27N5O3/c1-15-3-4-18(11-16(15)2)27-14-17(12-21(27)28)22(29)24-13-19-23-6-5-20(25-19)26-7-9-30-10-8-26/h3-6,11,17H,7-10,12-14H2,1-2H3,(H,24,29). The van der Waals surface area contributed by atoms with Crippen LogP contribution in [0.3, 0.4) is 0 Å². The van der Waals surface area contributed by atoms with Crippen LogP contribution in [0.1, 0.15) is 23.4 Å². The lowest BCUT2D eigenvalue weighted by atomic mass is 10.1. The Morgan fingerprint density at radius 1 is 1.20 bits per heavy atom. The molecule has 3 heterocycles. The molecule has 158 valence electrons. The zero-order chi connectivity index (χ0) is 21.1. The Morgan fingerprint density at radius 2 is 2.00 bits per heavy atom. The molecule has 2 aliphatic heterocycles. The van der Waals surface area contributed by atoms with E-state index >= 15 is 0 Å². The highest BCUT2D eigenvalue weighted by Crippen LogP contribution is 2.27. The molecule has 0 aliphatic carbocycles. The Morgan fingerprint density at radius 3 is 2.77 bits per heavy atom. The Kier molecular flexibility index (Phi) is 5.94. The highest BCUT2D eigenvalue weighted by molar-refractivity contribution is 6.00. The number of aryl methyl sites for hydroxylation is 2. The van der Waals surface area contributed by atoms with E-state index in [4.69, 9.17) is 4.74 Å². The van der Waals surface area contributed by atoms with Crippen molar-refractivity contribution in [3.8, 4) is 0 Å². The van der Waals surface area contributed by atoms with Gasteiger partial charge in [-0.15, -0.1) is 0 Å². The number of benzene rings is 1. The maximum atomic E-state index is 12.7. The van der Waals surface area contributed by atoms with Crippen molar-refractivity contribution in [1.82, 2.24) is 15.3 Å². The third kappa shape index (κ3) is 4.43. The summed E-state index contributed by atoms with van der Waals surface area (Å²) < 4.78 is 5.38. The Labute approximate surface area is 176 Å². The second-order valence-corrected chi connectivity index (χ2v) is 7.82. The first-order chi connectivity index (χ1) is 14.5. The molecule has 1 unspecified atom stereocenters. The molecule has 2 fully saturated rings. The SMILES string of the molecule is Cc1ccc(N2CC(C(=O)NCc3nccc(N4CCOCC4)n3)CC2=O)cc1C. The summed E-state index contributed by atoms with van der Waals surface area (Å²) in [4.78, 5) is 37.8. The normalized spacial score (nSPS) is 19.3. The number of ether oxygens (including phenoxy) is 1. The molecule has 1 aromatic carbocycles. The molecular formula is C22H27N5O3. The molecule has 8 heteroatoms. The summed E-state index contributed by atoms with van der Waals surface area (Å²) in [6, 6.07) is 7.81. The van der Waals surface area contributed by atoms with Crippen molar-refractivity contribution < 1.29 is 14.3 Å². The number of carbonyl (C=O) groups excluding carboxylic acids is 2. The molecule has 2 aliphatic rings. The number of nitrogens with zero attached hydrogens (tertiary/aromatic N) is 4. The molecule has 4 rings (SSSR count). The van der Waals surface area contributed by atoms with Crippen LogP contribution in [0.2, 0.25) is 0 Å². The highest BCUT2D eigenvalue weighted by atomic mass is 16.5. The van der Waals surface area contributed by atoms with Gasteiger partial charge in [0.1, 0.15) is 11.6 Å². The molecule has 1 aromatic heterocycles. The number of amides is 2. The molecule has 0 bridgehead atoms. The van der Waals surface area contributed by atoms with Gasteiger partial charge in [-0.3, -0.25) is 9.59 Å². The zero-order valence-electron chi connectivity index (χ0n) is 17.4. The predicted octanol–water partition coefficient (Wildman–Crippen LogP) is 1.60. The summed E-state index contributed by atoms with van der Waals surface area (Å²) in [5.41, 5.74) is 3.16. The number of carbonyl (C=O) groups is 2. The molecule has 1 atom stereocenters. The molecule has 8 nitrogen and oxygen atoms in total. The average Bonchev–Trinajstić information content (AvgIpc) is 3.16. The number of nitrogens with one attached hydrogen (secondary N) is 1. The number of anilines is 2. The summed E-state index contributed by atoms with van der Waals surface area (Å²) in [7, 11) is 0.